The maximum Gasteiger partial charge on any atom is 0.134 e. The summed E-state index contributed by atoms with van der Waals surface area (Å²) >= 11 is 1.23. The molecule has 0 spiro atoms. The molecular formula is C8H8N2S. The number of pyridine rings is 1. The lowest BCUT2D eigenvalue weighted by Crippen LogP contribution is -1.89. The summed E-state index contributed by atoms with van der Waals surface area (Å²) in [5.41, 5.74) is 0.957. The summed E-state index contributed by atoms with van der Waals surface area (Å²) in [4.78, 5) is 4.13. The van der Waals surface area contributed by atoms with Crippen molar-refractivity contribution in [2.45, 2.75) is 12.2 Å². The molecule has 0 unspecified atom stereocenters. The van der Waals surface area contributed by atoms with Gasteiger partial charge in [0.15, 0.2) is 0 Å². The molecule has 1 rings (SSSR count). The molecule has 0 aromatic carbocycles. The topological polar surface area (TPSA) is 36.7 Å². The standard InChI is InChI=1S/C8H8N2S/c1-7(11-6-9)8-4-2-3-5-10-8/h2-5,7H,1H3/t7-/m1/s1. The van der Waals surface area contributed by atoms with E-state index in [1.54, 1.807) is 6.20 Å². The van der Waals surface area contributed by atoms with Crippen LogP contribution in [0.15, 0.2) is 24.4 Å². The minimum absolute atomic E-state index is 0.168. The molecule has 56 valence electrons. The number of thioether (sulfide) groups is 1. The molecule has 0 saturated heterocycles. The van der Waals surface area contributed by atoms with E-state index in [0.29, 0.717) is 0 Å². The van der Waals surface area contributed by atoms with Crippen LogP contribution in [0.2, 0.25) is 0 Å². The second-order valence-electron chi connectivity index (χ2n) is 2.11. The van der Waals surface area contributed by atoms with E-state index in [4.69, 9.17) is 5.26 Å². The zero-order chi connectivity index (χ0) is 8.10. The van der Waals surface area contributed by atoms with E-state index in [-0.39, 0.29) is 5.25 Å². The van der Waals surface area contributed by atoms with Crippen LogP contribution in [-0.4, -0.2) is 4.98 Å². The van der Waals surface area contributed by atoms with Crippen molar-refractivity contribution in [3.63, 3.8) is 0 Å². The fourth-order valence-electron chi connectivity index (χ4n) is 0.756. The lowest BCUT2D eigenvalue weighted by molar-refractivity contribution is 1.01. The van der Waals surface area contributed by atoms with Gasteiger partial charge in [-0.05, 0) is 30.8 Å². The molecular weight excluding hydrogens is 156 g/mol. The molecule has 0 saturated carbocycles. The minimum Gasteiger partial charge on any atom is -0.260 e. The Labute approximate surface area is 70.3 Å². The van der Waals surface area contributed by atoms with E-state index in [1.165, 1.54) is 11.8 Å². The van der Waals surface area contributed by atoms with E-state index >= 15 is 0 Å². The van der Waals surface area contributed by atoms with Gasteiger partial charge in [0.2, 0.25) is 0 Å². The maximum absolute atomic E-state index is 8.38. The summed E-state index contributed by atoms with van der Waals surface area (Å²) in [7, 11) is 0. The molecule has 0 fully saturated rings. The monoisotopic (exact) mass is 164 g/mol. The van der Waals surface area contributed by atoms with Gasteiger partial charge < -0.3 is 0 Å². The van der Waals surface area contributed by atoms with Gasteiger partial charge in [0, 0.05) is 6.20 Å². The average molecular weight is 164 g/mol. The third-order valence-corrected chi connectivity index (χ3v) is 2.03. The summed E-state index contributed by atoms with van der Waals surface area (Å²) in [5, 5.41) is 10.6. The molecule has 1 aromatic rings. The van der Waals surface area contributed by atoms with Gasteiger partial charge in [-0.15, -0.1) is 0 Å². The van der Waals surface area contributed by atoms with Gasteiger partial charge in [0.25, 0.3) is 0 Å². The van der Waals surface area contributed by atoms with Gasteiger partial charge in [-0.2, -0.15) is 5.26 Å². The Morgan fingerprint density at radius 1 is 1.64 bits per heavy atom. The van der Waals surface area contributed by atoms with Crippen LogP contribution in [0.3, 0.4) is 0 Å². The number of hydrogen-bond donors (Lipinski definition) is 0. The van der Waals surface area contributed by atoms with Gasteiger partial charge in [-0.1, -0.05) is 6.07 Å². The lowest BCUT2D eigenvalue weighted by Gasteiger charge is -2.02. The maximum atomic E-state index is 8.38. The molecule has 0 N–H and O–H groups in total. The zero-order valence-corrected chi connectivity index (χ0v) is 7.01. The molecule has 0 bridgehead atoms. The zero-order valence-electron chi connectivity index (χ0n) is 6.19. The van der Waals surface area contributed by atoms with Gasteiger partial charge in [-0.3, -0.25) is 4.98 Å². The predicted molar refractivity (Wildman–Crippen MR) is 45.9 cm³/mol. The van der Waals surface area contributed by atoms with Crippen LogP contribution >= 0.6 is 11.8 Å². The van der Waals surface area contributed by atoms with E-state index in [0.717, 1.165) is 5.69 Å². The SMILES string of the molecule is C[C@@H](SC#N)c1ccccn1. The Morgan fingerprint density at radius 3 is 3.00 bits per heavy atom. The fourth-order valence-corrected chi connectivity index (χ4v) is 1.17. The Bertz CT molecular complexity index is 253. The first-order valence-corrected chi connectivity index (χ1v) is 4.18. The van der Waals surface area contributed by atoms with Crippen LogP contribution in [0.4, 0.5) is 0 Å². The highest BCUT2D eigenvalue weighted by Crippen LogP contribution is 2.24. The Balaban J connectivity index is 2.70. The van der Waals surface area contributed by atoms with Crippen LogP contribution in [0.1, 0.15) is 17.9 Å². The second kappa shape index (κ2) is 3.99. The second-order valence-corrected chi connectivity index (χ2v) is 3.23. The van der Waals surface area contributed by atoms with Crippen molar-refractivity contribution in [2.24, 2.45) is 0 Å². The molecule has 11 heavy (non-hydrogen) atoms. The van der Waals surface area contributed by atoms with Crippen LogP contribution in [0.5, 0.6) is 0 Å². The van der Waals surface area contributed by atoms with E-state index in [2.05, 4.69) is 4.98 Å². The smallest absolute Gasteiger partial charge is 0.134 e. The van der Waals surface area contributed by atoms with Crippen molar-refractivity contribution in [1.82, 2.24) is 4.98 Å². The van der Waals surface area contributed by atoms with Crippen LogP contribution in [-0.2, 0) is 0 Å². The van der Waals surface area contributed by atoms with Gasteiger partial charge >= 0.3 is 0 Å². The number of rotatable bonds is 2. The van der Waals surface area contributed by atoms with E-state index in [9.17, 15) is 0 Å². The Hall–Kier alpha value is -1.01. The first-order valence-electron chi connectivity index (χ1n) is 3.30. The van der Waals surface area contributed by atoms with Crippen molar-refractivity contribution >= 4 is 11.8 Å². The molecule has 0 aliphatic carbocycles. The number of hydrogen-bond acceptors (Lipinski definition) is 3. The predicted octanol–water partition coefficient (Wildman–Crippen LogP) is 2.36. The largest absolute Gasteiger partial charge is 0.260 e. The van der Waals surface area contributed by atoms with Crippen molar-refractivity contribution in [3.05, 3.63) is 30.1 Å². The van der Waals surface area contributed by atoms with Crippen molar-refractivity contribution in [2.75, 3.05) is 0 Å². The van der Waals surface area contributed by atoms with E-state index < -0.39 is 0 Å². The highest BCUT2D eigenvalue weighted by atomic mass is 32.2. The molecule has 0 aliphatic rings. The summed E-state index contributed by atoms with van der Waals surface area (Å²) in [5.74, 6) is 0. The molecule has 0 radical (unpaired) electrons. The van der Waals surface area contributed by atoms with Crippen LogP contribution in [0.25, 0.3) is 0 Å². The molecule has 3 heteroatoms. The molecule has 1 atom stereocenters. The number of aromatic nitrogens is 1. The van der Waals surface area contributed by atoms with Crippen molar-refractivity contribution in [1.29, 1.82) is 5.26 Å². The Morgan fingerprint density at radius 2 is 2.45 bits per heavy atom. The van der Waals surface area contributed by atoms with Crippen LogP contribution in [0, 0.1) is 10.7 Å². The summed E-state index contributed by atoms with van der Waals surface area (Å²) < 4.78 is 0. The van der Waals surface area contributed by atoms with Gasteiger partial charge in [0.1, 0.15) is 5.40 Å². The highest BCUT2D eigenvalue weighted by Gasteiger charge is 2.04. The molecule has 1 heterocycles. The molecule has 2 nitrogen and oxygen atoms in total. The normalized spacial score (nSPS) is 12.0. The average Bonchev–Trinajstić information content (AvgIpc) is 2.07. The Kier molecular flexibility index (Phi) is 2.94. The summed E-state index contributed by atoms with van der Waals surface area (Å²) in [6, 6.07) is 5.72. The van der Waals surface area contributed by atoms with Gasteiger partial charge in [-0.25, -0.2) is 0 Å². The molecule has 0 aliphatic heterocycles. The van der Waals surface area contributed by atoms with Gasteiger partial charge in [0.05, 0.1) is 10.9 Å². The van der Waals surface area contributed by atoms with Crippen molar-refractivity contribution < 1.29 is 0 Å². The molecule has 0 amide bonds. The number of nitriles is 1. The third kappa shape index (κ3) is 2.24. The fraction of sp³-hybridized carbons (Fsp3) is 0.250. The van der Waals surface area contributed by atoms with E-state index in [1.807, 2.05) is 30.5 Å². The quantitative estimate of drug-likeness (QED) is 0.629. The lowest BCUT2D eigenvalue weighted by atomic mass is 10.3. The third-order valence-electron chi connectivity index (χ3n) is 1.33. The van der Waals surface area contributed by atoms with Crippen LogP contribution < -0.4 is 0 Å². The first kappa shape index (κ1) is 8.09. The number of thiocyanates is 1. The first-order chi connectivity index (χ1) is 5.34. The van der Waals surface area contributed by atoms with Crippen molar-refractivity contribution in [3.8, 4) is 5.40 Å². The summed E-state index contributed by atoms with van der Waals surface area (Å²) in [6.45, 7) is 1.97. The highest BCUT2D eigenvalue weighted by molar-refractivity contribution is 8.03. The number of nitrogens with zero attached hydrogens (tertiary/aromatic N) is 2. The minimum atomic E-state index is 0.168. The summed E-state index contributed by atoms with van der Waals surface area (Å²) in [6.07, 6.45) is 1.74. The molecule has 1 aromatic heterocycles.